The highest BCUT2D eigenvalue weighted by Gasteiger charge is 2.27. The molecule has 2 aromatic carbocycles. The van der Waals surface area contributed by atoms with Crippen LogP contribution < -0.4 is 9.62 Å². The predicted molar refractivity (Wildman–Crippen MR) is 117 cm³/mol. The number of amides is 1. The number of benzene rings is 2. The molecule has 2 aliphatic rings. The summed E-state index contributed by atoms with van der Waals surface area (Å²) in [6, 6.07) is 14.8. The van der Waals surface area contributed by atoms with Gasteiger partial charge in [0.05, 0.1) is 10.8 Å². The van der Waals surface area contributed by atoms with Crippen LogP contribution in [-0.4, -0.2) is 45.4 Å². The fourth-order valence-electron chi connectivity index (χ4n) is 3.77. The molecule has 4 rings (SSSR count). The molecular weight excluding hydrogens is 417 g/mol. The van der Waals surface area contributed by atoms with Gasteiger partial charge in [-0.1, -0.05) is 30.4 Å². The molecule has 1 atom stereocenters. The van der Waals surface area contributed by atoms with Crippen molar-refractivity contribution in [3.63, 3.8) is 0 Å². The number of halogens is 1. The summed E-state index contributed by atoms with van der Waals surface area (Å²) in [6.45, 7) is 2.88. The van der Waals surface area contributed by atoms with Gasteiger partial charge in [-0.05, 0) is 48.9 Å². The van der Waals surface area contributed by atoms with E-state index in [-0.39, 0.29) is 16.7 Å². The number of allylic oxidation sites excluding steroid dienone is 2. The number of hydrogen-bond acceptors (Lipinski definition) is 4. The first-order chi connectivity index (χ1) is 14.9. The van der Waals surface area contributed by atoms with E-state index in [4.69, 9.17) is 0 Å². The maximum absolute atomic E-state index is 13.0. The Morgan fingerprint density at radius 3 is 2.26 bits per heavy atom. The summed E-state index contributed by atoms with van der Waals surface area (Å²) in [5.41, 5.74) is 1.57. The van der Waals surface area contributed by atoms with Crippen LogP contribution in [0.3, 0.4) is 0 Å². The van der Waals surface area contributed by atoms with Crippen LogP contribution in [0, 0.1) is 11.7 Å². The molecule has 8 heteroatoms. The van der Waals surface area contributed by atoms with Crippen LogP contribution >= 0.6 is 0 Å². The second-order valence-corrected chi connectivity index (χ2v) is 9.25. The third-order valence-corrected chi connectivity index (χ3v) is 6.90. The highest BCUT2D eigenvalue weighted by atomic mass is 32.2. The van der Waals surface area contributed by atoms with Gasteiger partial charge < -0.3 is 9.80 Å². The van der Waals surface area contributed by atoms with E-state index in [1.165, 1.54) is 12.1 Å². The number of carbonyl (C=O) groups excluding carboxylic acids is 1. The Bertz CT molecular complexity index is 1090. The second-order valence-electron chi connectivity index (χ2n) is 7.57. The van der Waals surface area contributed by atoms with E-state index in [9.17, 15) is 17.6 Å². The zero-order valence-electron chi connectivity index (χ0n) is 16.9. The molecule has 31 heavy (non-hydrogen) atoms. The van der Waals surface area contributed by atoms with Gasteiger partial charge in [-0.3, -0.25) is 9.52 Å². The quantitative estimate of drug-likeness (QED) is 0.775. The molecule has 1 amide bonds. The average Bonchev–Trinajstić information content (AvgIpc) is 2.80. The molecule has 1 heterocycles. The first-order valence-electron chi connectivity index (χ1n) is 10.2. The number of rotatable bonds is 5. The van der Waals surface area contributed by atoms with Crippen LogP contribution in [-0.2, 0) is 14.8 Å². The van der Waals surface area contributed by atoms with E-state index in [1.54, 1.807) is 18.2 Å². The van der Waals surface area contributed by atoms with Gasteiger partial charge in [0.25, 0.3) is 10.0 Å². The van der Waals surface area contributed by atoms with Gasteiger partial charge >= 0.3 is 0 Å². The molecule has 1 N–H and O–H groups in total. The van der Waals surface area contributed by atoms with Gasteiger partial charge in [0.2, 0.25) is 5.91 Å². The van der Waals surface area contributed by atoms with Gasteiger partial charge in [-0.25, -0.2) is 12.8 Å². The Morgan fingerprint density at radius 2 is 1.65 bits per heavy atom. The number of hydrogen-bond donors (Lipinski definition) is 1. The molecule has 0 aromatic heterocycles. The summed E-state index contributed by atoms with van der Waals surface area (Å²) in [7, 11) is -3.80. The van der Waals surface area contributed by atoms with E-state index in [2.05, 4.69) is 21.8 Å². The van der Waals surface area contributed by atoms with E-state index >= 15 is 0 Å². The Balaban J connectivity index is 1.32. The molecule has 162 valence electrons. The summed E-state index contributed by atoms with van der Waals surface area (Å²) in [6.07, 6.45) is 5.50. The number of carbonyl (C=O) groups is 1. The minimum atomic E-state index is -3.80. The van der Waals surface area contributed by atoms with Gasteiger partial charge in [-0.15, -0.1) is 0 Å². The Hall–Kier alpha value is -3.13. The fourth-order valence-corrected chi connectivity index (χ4v) is 4.84. The van der Waals surface area contributed by atoms with Crippen LogP contribution in [0.5, 0.6) is 0 Å². The molecule has 1 saturated heterocycles. The van der Waals surface area contributed by atoms with Crippen molar-refractivity contribution in [3.8, 4) is 0 Å². The van der Waals surface area contributed by atoms with Crippen LogP contribution in [0.15, 0.2) is 83.4 Å². The van der Waals surface area contributed by atoms with Crippen molar-refractivity contribution in [2.75, 3.05) is 31.1 Å². The van der Waals surface area contributed by atoms with Crippen molar-refractivity contribution in [2.24, 2.45) is 5.92 Å². The Labute approximate surface area is 181 Å². The first kappa shape index (κ1) is 21.1. The molecule has 1 fully saturated rings. The number of para-hydroxylation sites is 1. The highest BCUT2D eigenvalue weighted by Crippen LogP contribution is 2.22. The van der Waals surface area contributed by atoms with Gasteiger partial charge in [-0.2, -0.15) is 0 Å². The molecule has 0 unspecified atom stereocenters. The summed E-state index contributed by atoms with van der Waals surface area (Å²) in [4.78, 5) is 17.0. The van der Waals surface area contributed by atoms with Crippen LogP contribution in [0.4, 0.5) is 10.1 Å². The molecule has 2 aromatic rings. The molecule has 0 radical (unpaired) electrons. The van der Waals surface area contributed by atoms with E-state index in [0.29, 0.717) is 25.2 Å². The molecule has 0 saturated carbocycles. The van der Waals surface area contributed by atoms with Crippen molar-refractivity contribution in [2.45, 2.75) is 11.3 Å². The lowest BCUT2D eigenvalue weighted by atomic mass is 9.97. The maximum atomic E-state index is 13.0. The lowest BCUT2D eigenvalue weighted by Crippen LogP contribution is -2.50. The monoisotopic (exact) mass is 441 g/mol. The molecule has 0 bridgehead atoms. The van der Waals surface area contributed by atoms with Gasteiger partial charge in [0.1, 0.15) is 5.82 Å². The van der Waals surface area contributed by atoms with Crippen LogP contribution in [0.1, 0.15) is 6.42 Å². The zero-order chi connectivity index (χ0) is 21.8. The maximum Gasteiger partial charge on any atom is 0.261 e. The SMILES string of the molecule is O=C([C@@H]1C=CC(NS(=O)(=O)c2ccc(F)cc2)=CC1)N1CCN(c2ccccc2)CC1. The van der Waals surface area contributed by atoms with E-state index in [0.717, 1.165) is 30.9 Å². The fraction of sp³-hybridized carbons (Fsp3) is 0.261. The second kappa shape index (κ2) is 8.93. The minimum absolute atomic E-state index is 0.0160. The number of nitrogens with one attached hydrogen (secondary N) is 1. The smallest absolute Gasteiger partial charge is 0.261 e. The normalized spacial score (nSPS) is 19.1. The number of piperazine rings is 1. The number of sulfonamides is 1. The first-order valence-corrected chi connectivity index (χ1v) is 11.7. The molecule has 1 aliphatic carbocycles. The summed E-state index contributed by atoms with van der Waals surface area (Å²) >= 11 is 0. The minimum Gasteiger partial charge on any atom is -0.368 e. The predicted octanol–water partition coefficient (Wildman–Crippen LogP) is 2.91. The lowest BCUT2D eigenvalue weighted by Gasteiger charge is -2.37. The van der Waals surface area contributed by atoms with E-state index < -0.39 is 15.8 Å². The molecular formula is C23H24FN3O3S. The van der Waals surface area contributed by atoms with Crippen molar-refractivity contribution < 1.29 is 17.6 Å². The van der Waals surface area contributed by atoms with Gasteiger partial charge in [0, 0.05) is 37.6 Å². The summed E-state index contributed by atoms with van der Waals surface area (Å²) in [5.74, 6) is -0.746. The van der Waals surface area contributed by atoms with Crippen LogP contribution in [0.25, 0.3) is 0 Å². The molecule has 0 spiro atoms. The molecule has 1 aliphatic heterocycles. The summed E-state index contributed by atoms with van der Waals surface area (Å²) < 4.78 is 40.4. The Morgan fingerprint density at radius 1 is 0.968 bits per heavy atom. The average molecular weight is 442 g/mol. The molecule has 6 nitrogen and oxygen atoms in total. The Kier molecular flexibility index (Phi) is 6.08. The van der Waals surface area contributed by atoms with Crippen LogP contribution in [0.2, 0.25) is 0 Å². The van der Waals surface area contributed by atoms with Crippen molar-refractivity contribution in [1.82, 2.24) is 9.62 Å². The third kappa shape index (κ3) is 4.96. The number of nitrogens with zero attached hydrogens (tertiary/aromatic N) is 2. The topological polar surface area (TPSA) is 69.7 Å². The zero-order valence-corrected chi connectivity index (χ0v) is 17.8. The highest BCUT2D eigenvalue weighted by molar-refractivity contribution is 7.89. The third-order valence-electron chi connectivity index (χ3n) is 5.51. The lowest BCUT2D eigenvalue weighted by molar-refractivity contribution is -0.134. The van der Waals surface area contributed by atoms with Gasteiger partial charge in [0.15, 0.2) is 0 Å². The standard InChI is InChI=1S/C23H24FN3O3S/c24-19-8-12-22(13-9-19)31(29,30)25-20-10-6-18(7-11-20)23(28)27-16-14-26(15-17-27)21-4-2-1-3-5-21/h1-6,8-13,18,25H,7,14-17H2/t18-/m1/s1. The van der Waals surface area contributed by atoms with Crippen molar-refractivity contribution >= 4 is 21.6 Å². The van der Waals surface area contributed by atoms with Crippen molar-refractivity contribution in [1.29, 1.82) is 0 Å². The number of anilines is 1. The van der Waals surface area contributed by atoms with Crippen molar-refractivity contribution in [3.05, 3.63) is 84.3 Å². The van der Waals surface area contributed by atoms with E-state index in [1.807, 2.05) is 23.1 Å². The summed E-state index contributed by atoms with van der Waals surface area (Å²) in [5, 5.41) is 0. The largest absolute Gasteiger partial charge is 0.368 e.